The van der Waals surface area contributed by atoms with Gasteiger partial charge in [0, 0.05) is 69.9 Å². The average molecular weight is 552 g/mol. The number of hydrogen-bond acceptors (Lipinski definition) is 5. The first-order valence-electron chi connectivity index (χ1n) is 13.6. The van der Waals surface area contributed by atoms with Gasteiger partial charge in [-0.1, -0.05) is 27.2 Å². The molecule has 3 rings (SSSR count). The number of nitrogens with one attached hydrogen (secondary N) is 2. The lowest BCUT2D eigenvalue weighted by Gasteiger charge is -2.33. The lowest BCUT2D eigenvalue weighted by molar-refractivity contribution is 0.141. The summed E-state index contributed by atoms with van der Waals surface area (Å²) in [6, 6.07) is 2.34. The first-order chi connectivity index (χ1) is 18.7. The number of aliphatic imine (C=N–C) groups is 1. The van der Waals surface area contributed by atoms with Crippen LogP contribution < -0.4 is 10.7 Å². The van der Waals surface area contributed by atoms with E-state index in [0.29, 0.717) is 32.0 Å². The Hall–Kier alpha value is -3.08. The fourth-order valence-electron chi connectivity index (χ4n) is 4.99. The van der Waals surface area contributed by atoms with Crippen molar-refractivity contribution in [2.45, 2.75) is 64.8 Å². The summed E-state index contributed by atoms with van der Waals surface area (Å²) in [5.41, 5.74) is 3.23. The average Bonchev–Trinajstić information content (AvgIpc) is 3.39. The van der Waals surface area contributed by atoms with Gasteiger partial charge in [-0.25, -0.2) is 28.0 Å². The van der Waals surface area contributed by atoms with Gasteiger partial charge in [-0.3, -0.25) is 5.01 Å². The molecule has 1 aromatic rings. The minimum atomic E-state index is -2.78. The number of rotatable bonds is 7. The summed E-state index contributed by atoms with van der Waals surface area (Å²) in [6.45, 7) is 14.1. The number of halogens is 3. The van der Waals surface area contributed by atoms with Crippen LogP contribution in [0.25, 0.3) is 0 Å². The molecule has 0 bridgehead atoms. The van der Waals surface area contributed by atoms with Crippen molar-refractivity contribution >= 4 is 23.8 Å². The topological polar surface area (TPSA) is 75.6 Å². The van der Waals surface area contributed by atoms with Gasteiger partial charge in [0.2, 0.25) is 0 Å². The van der Waals surface area contributed by atoms with E-state index in [0.717, 1.165) is 37.8 Å². The van der Waals surface area contributed by atoms with Crippen LogP contribution in [0.5, 0.6) is 0 Å². The predicted octanol–water partition coefficient (Wildman–Crippen LogP) is 5.68. The van der Waals surface area contributed by atoms with Crippen molar-refractivity contribution in [3.8, 4) is 0 Å². The molecule has 0 aliphatic carbocycles. The number of carbonyl (C=O) groups is 1. The number of hydrogen-bond donors (Lipinski definition) is 2. The molecule has 2 heterocycles. The summed E-state index contributed by atoms with van der Waals surface area (Å²) < 4.78 is 43.5. The third kappa shape index (κ3) is 8.45. The zero-order chi connectivity index (χ0) is 29.1. The van der Waals surface area contributed by atoms with Crippen molar-refractivity contribution in [1.82, 2.24) is 25.7 Å². The Labute approximate surface area is 231 Å². The second kappa shape index (κ2) is 15.5. The summed E-state index contributed by atoms with van der Waals surface area (Å²) >= 11 is 0. The molecule has 0 saturated carbocycles. The lowest BCUT2D eigenvalue weighted by atomic mass is 9.94. The number of urea groups is 1. The van der Waals surface area contributed by atoms with Gasteiger partial charge in [-0.15, -0.1) is 13.2 Å². The number of likely N-dealkylation sites (N-methyl/N-ethyl adjacent to an activating group) is 1. The number of carbonyl (C=O) groups excluding carboxylic acids is 1. The number of hydrazine groups is 1. The highest BCUT2D eigenvalue weighted by Crippen LogP contribution is 2.35. The highest BCUT2D eigenvalue weighted by Gasteiger charge is 2.28. The van der Waals surface area contributed by atoms with E-state index in [9.17, 15) is 13.6 Å². The Morgan fingerprint density at radius 3 is 2.54 bits per heavy atom. The van der Waals surface area contributed by atoms with Crippen molar-refractivity contribution in [2.24, 2.45) is 16.0 Å². The Balaban J connectivity index is 0.00000260. The van der Waals surface area contributed by atoms with Crippen LogP contribution in [0.1, 0.15) is 69.9 Å². The molecule has 3 atom stereocenters. The van der Waals surface area contributed by atoms with Crippen molar-refractivity contribution in [3.05, 3.63) is 42.2 Å². The van der Waals surface area contributed by atoms with Gasteiger partial charge in [0.25, 0.3) is 6.43 Å². The first kappa shape index (κ1) is 32.1. The molecule has 0 radical (unpaired) electrons. The predicted molar refractivity (Wildman–Crippen MR) is 152 cm³/mol. The minimum Gasteiger partial charge on any atom is -0.341 e. The molecule has 1 fully saturated rings. The first-order valence-corrected chi connectivity index (χ1v) is 13.6. The van der Waals surface area contributed by atoms with Gasteiger partial charge in [0.1, 0.15) is 17.3 Å². The third-order valence-electron chi connectivity index (χ3n) is 7.01. The molecule has 218 valence electrons. The van der Waals surface area contributed by atoms with Crippen LogP contribution in [0.15, 0.2) is 35.4 Å². The zero-order valence-electron chi connectivity index (χ0n) is 23.9. The van der Waals surface area contributed by atoms with Crippen LogP contribution in [-0.2, 0) is 0 Å². The monoisotopic (exact) mass is 551 g/mol. The number of hydrazone groups is 1. The van der Waals surface area contributed by atoms with E-state index in [4.69, 9.17) is 0 Å². The van der Waals surface area contributed by atoms with Crippen molar-refractivity contribution < 1.29 is 18.0 Å². The van der Waals surface area contributed by atoms with E-state index in [1.807, 2.05) is 6.92 Å². The van der Waals surface area contributed by atoms with Crippen LogP contribution in [0.2, 0.25) is 0 Å². The molecule has 1 saturated heterocycles. The number of benzene rings is 1. The van der Waals surface area contributed by atoms with Crippen LogP contribution in [0.4, 0.5) is 23.7 Å². The molecule has 2 aliphatic rings. The number of nitrogens with zero attached hydrogens (tertiary/aromatic N) is 5. The maximum absolute atomic E-state index is 15.4. The number of amidine groups is 1. The largest absolute Gasteiger partial charge is 0.341 e. The van der Waals surface area contributed by atoms with Crippen LogP contribution >= 0.6 is 0 Å². The molecule has 1 aromatic carbocycles. The smallest absolute Gasteiger partial charge is 0.317 e. The quantitative estimate of drug-likeness (QED) is 0.428. The van der Waals surface area contributed by atoms with E-state index in [1.165, 1.54) is 0 Å². The van der Waals surface area contributed by atoms with E-state index in [2.05, 4.69) is 52.9 Å². The van der Waals surface area contributed by atoms with Crippen LogP contribution in [0, 0.1) is 11.7 Å². The third-order valence-corrected chi connectivity index (χ3v) is 7.01. The normalized spacial score (nSPS) is 22.0. The molecular weight excluding hydrogens is 507 g/mol. The summed E-state index contributed by atoms with van der Waals surface area (Å²) in [6.07, 6.45) is 2.39. The van der Waals surface area contributed by atoms with Gasteiger partial charge < -0.3 is 15.6 Å². The van der Waals surface area contributed by atoms with E-state index in [1.54, 1.807) is 30.2 Å². The van der Waals surface area contributed by atoms with Crippen LogP contribution in [0.3, 0.4) is 0 Å². The molecule has 2 N–H and O–H groups in total. The molecule has 0 spiro atoms. The second-order valence-electron chi connectivity index (χ2n) is 9.85. The van der Waals surface area contributed by atoms with Gasteiger partial charge in [0.15, 0.2) is 0 Å². The molecule has 39 heavy (non-hydrogen) atoms. The summed E-state index contributed by atoms with van der Waals surface area (Å²) in [7, 11) is 3.33. The SMILES string of the molecule is C=C.CCCC(CC)N1CCCN(C(=O)NC)CC(C)C(=Nc2cc(C(F)F)c(C3C=NN(C)C3)cc2F)N1. The molecular formula is C28H44F3N7O. The highest BCUT2D eigenvalue weighted by molar-refractivity contribution is 5.87. The van der Waals surface area contributed by atoms with Gasteiger partial charge >= 0.3 is 6.03 Å². The minimum absolute atomic E-state index is 0.147. The van der Waals surface area contributed by atoms with E-state index in [-0.39, 0.29) is 34.8 Å². The molecule has 0 aromatic heterocycles. The summed E-state index contributed by atoms with van der Waals surface area (Å²) in [4.78, 5) is 18.8. The van der Waals surface area contributed by atoms with Crippen molar-refractivity contribution in [3.63, 3.8) is 0 Å². The summed E-state index contributed by atoms with van der Waals surface area (Å²) in [5, 5.41) is 10.5. The van der Waals surface area contributed by atoms with Crippen molar-refractivity contribution in [2.75, 3.05) is 40.3 Å². The van der Waals surface area contributed by atoms with Gasteiger partial charge in [-0.05, 0) is 37.0 Å². The Kier molecular flexibility index (Phi) is 12.8. The number of alkyl halides is 2. The van der Waals surface area contributed by atoms with Crippen LogP contribution in [-0.4, -0.2) is 79.3 Å². The Bertz CT molecular complexity index is 1000. The maximum Gasteiger partial charge on any atom is 0.317 e. The molecule has 11 heteroatoms. The molecule has 3 unspecified atom stereocenters. The zero-order valence-corrected chi connectivity index (χ0v) is 23.9. The number of amides is 2. The maximum atomic E-state index is 15.4. The second-order valence-corrected chi connectivity index (χ2v) is 9.85. The van der Waals surface area contributed by atoms with Gasteiger partial charge in [-0.2, -0.15) is 5.10 Å². The summed E-state index contributed by atoms with van der Waals surface area (Å²) in [5.74, 6) is -0.928. The fraction of sp³-hybridized carbons (Fsp3) is 0.607. The molecule has 2 amide bonds. The fourth-order valence-corrected chi connectivity index (χ4v) is 4.99. The lowest BCUT2D eigenvalue weighted by Crippen LogP contribution is -2.50. The van der Waals surface area contributed by atoms with Crippen molar-refractivity contribution in [1.29, 1.82) is 0 Å². The Morgan fingerprint density at radius 1 is 1.26 bits per heavy atom. The van der Waals surface area contributed by atoms with Gasteiger partial charge in [0.05, 0.1) is 0 Å². The Morgan fingerprint density at radius 2 is 1.97 bits per heavy atom. The molecule has 2 aliphatic heterocycles. The van der Waals surface area contributed by atoms with E-state index >= 15 is 4.39 Å². The molecule has 8 nitrogen and oxygen atoms in total. The standard InChI is InChI=1S/C26H40F3N7O.C2H4/c1-6-9-19(7-2)36-11-8-10-35(26(37)30-4)15-17(3)25(33-36)32-23-13-21(24(28)29)20(12-22(23)27)18-14-31-34(5)16-18;1-2/h12-14,17-19,24H,6-11,15-16H2,1-5H3,(H,30,37)(H,32,33);1-2H2. The van der Waals surface area contributed by atoms with E-state index < -0.39 is 18.2 Å². The highest BCUT2D eigenvalue weighted by atomic mass is 19.3.